The van der Waals surface area contributed by atoms with E-state index in [1.165, 1.54) is 0 Å². The van der Waals surface area contributed by atoms with Gasteiger partial charge in [0.25, 0.3) is 0 Å². The van der Waals surface area contributed by atoms with E-state index in [2.05, 4.69) is 20.8 Å². The first-order valence-corrected chi connectivity index (χ1v) is 3.91. The Hall–Kier alpha value is -0.0800. The number of nitrogens with two attached hydrogens (primary N) is 1. The molecule has 2 heteroatoms. The minimum Gasteiger partial charge on any atom is -0.367 e. The summed E-state index contributed by atoms with van der Waals surface area (Å²) < 4.78 is 5.04. The van der Waals surface area contributed by atoms with Crippen LogP contribution in [0.4, 0.5) is 0 Å². The van der Waals surface area contributed by atoms with Crippen molar-refractivity contribution >= 4 is 0 Å². The summed E-state index contributed by atoms with van der Waals surface area (Å²) in [5.41, 5.74) is 5.71. The maximum absolute atomic E-state index is 5.71. The Balaban J connectivity index is 3.80. The van der Waals surface area contributed by atoms with E-state index in [0.29, 0.717) is 11.8 Å². The Morgan fingerprint density at radius 2 is 1.90 bits per heavy atom. The highest BCUT2D eigenvalue weighted by Gasteiger charge is 2.18. The zero-order chi connectivity index (χ0) is 8.15. The van der Waals surface area contributed by atoms with Gasteiger partial charge in [0.05, 0.1) is 0 Å². The predicted octanol–water partition coefficient (Wildman–Crippen LogP) is 1.60. The van der Waals surface area contributed by atoms with E-state index >= 15 is 0 Å². The molecule has 0 saturated heterocycles. The van der Waals surface area contributed by atoms with Gasteiger partial charge in [-0.3, -0.25) is 0 Å². The molecule has 2 N–H and O–H groups in total. The third-order valence-corrected chi connectivity index (χ3v) is 2.02. The summed E-state index contributed by atoms with van der Waals surface area (Å²) in [5, 5.41) is 0. The molecule has 0 bridgehead atoms. The predicted molar refractivity (Wildman–Crippen MR) is 43.6 cm³/mol. The highest BCUT2D eigenvalue weighted by molar-refractivity contribution is 4.66. The van der Waals surface area contributed by atoms with Crippen molar-refractivity contribution in [2.24, 2.45) is 17.6 Å². The summed E-state index contributed by atoms with van der Waals surface area (Å²) in [6.45, 7) is 6.49. The van der Waals surface area contributed by atoms with Crippen LogP contribution in [0.3, 0.4) is 0 Å². The monoisotopic (exact) mass is 145 g/mol. The lowest BCUT2D eigenvalue weighted by Gasteiger charge is -2.24. The van der Waals surface area contributed by atoms with E-state index in [-0.39, 0.29) is 6.23 Å². The van der Waals surface area contributed by atoms with Gasteiger partial charge in [0.2, 0.25) is 0 Å². The lowest BCUT2D eigenvalue weighted by atomic mass is 9.92. The molecule has 0 aromatic rings. The molecule has 0 aliphatic heterocycles. The zero-order valence-corrected chi connectivity index (χ0v) is 7.42. The highest BCUT2D eigenvalue weighted by atomic mass is 16.5. The Morgan fingerprint density at radius 1 is 1.40 bits per heavy atom. The van der Waals surface area contributed by atoms with Gasteiger partial charge >= 0.3 is 0 Å². The van der Waals surface area contributed by atoms with Crippen LogP contribution >= 0.6 is 0 Å². The van der Waals surface area contributed by atoms with Crippen LogP contribution in [-0.4, -0.2) is 13.3 Å². The maximum Gasteiger partial charge on any atom is 0.108 e. The average molecular weight is 145 g/mol. The van der Waals surface area contributed by atoms with Crippen molar-refractivity contribution in [2.45, 2.75) is 33.4 Å². The molecule has 0 aromatic carbocycles. The number of ether oxygens (including phenoxy) is 1. The van der Waals surface area contributed by atoms with Crippen LogP contribution in [0.15, 0.2) is 0 Å². The minimum atomic E-state index is -0.0926. The van der Waals surface area contributed by atoms with Crippen LogP contribution in [0.2, 0.25) is 0 Å². The fourth-order valence-corrected chi connectivity index (χ4v) is 1.26. The lowest BCUT2D eigenvalue weighted by Crippen LogP contribution is -2.34. The van der Waals surface area contributed by atoms with Crippen molar-refractivity contribution in [3.63, 3.8) is 0 Å². The fourth-order valence-electron chi connectivity index (χ4n) is 1.26. The van der Waals surface area contributed by atoms with E-state index in [9.17, 15) is 0 Å². The molecule has 0 aliphatic rings. The second-order valence-electron chi connectivity index (χ2n) is 3.02. The summed E-state index contributed by atoms with van der Waals surface area (Å²) >= 11 is 0. The molecular weight excluding hydrogens is 126 g/mol. The molecule has 0 aliphatic carbocycles. The molecule has 0 aromatic heterocycles. The number of hydrogen-bond acceptors (Lipinski definition) is 2. The van der Waals surface area contributed by atoms with Crippen molar-refractivity contribution in [1.82, 2.24) is 0 Å². The van der Waals surface area contributed by atoms with Gasteiger partial charge in [-0.05, 0) is 12.3 Å². The quantitative estimate of drug-likeness (QED) is 0.610. The molecule has 0 saturated carbocycles. The van der Waals surface area contributed by atoms with Crippen molar-refractivity contribution in [1.29, 1.82) is 0 Å². The number of hydrogen-bond donors (Lipinski definition) is 1. The SMILES string of the molecule is CCC(C(C)C)C(N)OC. The van der Waals surface area contributed by atoms with Crippen LogP contribution in [0, 0.1) is 11.8 Å². The molecular formula is C8H19NO. The molecule has 0 amide bonds. The van der Waals surface area contributed by atoms with E-state index in [1.807, 2.05) is 0 Å². The van der Waals surface area contributed by atoms with Gasteiger partial charge < -0.3 is 10.5 Å². The molecule has 62 valence electrons. The Kier molecular flexibility index (Phi) is 4.65. The largest absolute Gasteiger partial charge is 0.367 e. The molecule has 0 heterocycles. The van der Waals surface area contributed by atoms with Crippen LogP contribution in [-0.2, 0) is 4.74 Å². The van der Waals surface area contributed by atoms with E-state index < -0.39 is 0 Å². The Labute approximate surface area is 63.7 Å². The highest BCUT2D eigenvalue weighted by Crippen LogP contribution is 2.17. The van der Waals surface area contributed by atoms with Gasteiger partial charge in [-0.2, -0.15) is 0 Å². The lowest BCUT2D eigenvalue weighted by molar-refractivity contribution is 0.0364. The Morgan fingerprint density at radius 3 is 2.00 bits per heavy atom. The molecule has 2 unspecified atom stereocenters. The van der Waals surface area contributed by atoms with E-state index in [4.69, 9.17) is 10.5 Å². The zero-order valence-electron chi connectivity index (χ0n) is 7.42. The van der Waals surface area contributed by atoms with Crippen molar-refractivity contribution in [2.75, 3.05) is 7.11 Å². The molecule has 0 fully saturated rings. The molecule has 0 radical (unpaired) electrons. The molecule has 10 heavy (non-hydrogen) atoms. The van der Waals surface area contributed by atoms with E-state index in [0.717, 1.165) is 6.42 Å². The van der Waals surface area contributed by atoms with Gasteiger partial charge in [0.15, 0.2) is 0 Å². The molecule has 2 atom stereocenters. The van der Waals surface area contributed by atoms with Crippen molar-refractivity contribution < 1.29 is 4.74 Å². The summed E-state index contributed by atoms with van der Waals surface area (Å²) in [6, 6.07) is 0. The second-order valence-corrected chi connectivity index (χ2v) is 3.02. The second kappa shape index (κ2) is 4.69. The van der Waals surface area contributed by atoms with Crippen LogP contribution < -0.4 is 5.73 Å². The third-order valence-electron chi connectivity index (χ3n) is 2.02. The van der Waals surface area contributed by atoms with E-state index in [1.54, 1.807) is 7.11 Å². The summed E-state index contributed by atoms with van der Waals surface area (Å²) in [6.07, 6.45) is 0.997. The van der Waals surface area contributed by atoms with Crippen LogP contribution in [0.1, 0.15) is 27.2 Å². The van der Waals surface area contributed by atoms with Gasteiger partial charge in [-0.25, -0.2) is 0 Å². The van der Waals surface area contributed by atoms with Gasteiger partial charge in [0, 0.05) is 13.0 Å². The molecule has 2 nitrogen and oxygen atoms in total. The maximum atomic E-state index is 5.71. The number of methoxy groups -OCH3 is 1. The van der Waals surface area contributed by atoms with Gasteiger partial charge in [0.1, 0.15) is 6.23 Å². The summed E-state index contributed by atoms with van der Waals surface area (Å²) in [7, 11) is 1.66. The van der Waals surface area contributed by atoms with Crippen LogP contribution in [0.25, 0.3) is 0 Å². The average Bonchev–Trinajstić information content (AvgIpc) is 1.88. The fraction of sp³-hybridized carbons (Fsp3) is 1.00. The van der Waals surface area contributed by atoms with Gasteiger partial charge in [-0.15, -0.1) is 0 Å². The summed E-state index contributed by atoms with van der Waals surface area (Å²) in [5.74, 6) is 1.10. The first-order chi connectivity index (χ1) is 4.63. The van der Waals surface area contributed by atoms with Crippen molar-refractivity contribution in [3.05, 3.63) is 0 Å². The molecule has 0 spiro atoms. The first kappa shape index (κ1) is 9.92. The third kappa shape index (κ3) is 2.67. The first-order valence-electron chi connectivity index (χ1n) is 3.91. The summed E-state index contributed by atoms with van der Waals surface area (Å²) in [4.78, 5) is 0. The topological polar surface area (TPSA) is 35.2 Å². The Bertz CT molecular complexity index is 83.3. The normalized spacial score (nSPS) is 17.4. The van der Waals surface area contributed by atoms with Crippen LogP contribution in [0.5, 0.6) is 0 Å². The standard InChI is InChI=1S/C8H19NO/c1-5-7(6(2)3)8(9)10-4/h6-8H,5,9H2,1-4H3. The number of rotatable bonds is 4. The van der Waals surface area contributed by atoms with Crippen molar-refractivity contribution in [3.8, 4) is 0 Å². The van der Waals surface area contributed by atoms with Gasteiger partial charge in [-0.1, -0.05) is 20.8 Å². The molecule has 0 rings (SSSR count). The minimum absolute atomic E-state index is 0.0926. The smallest absolute Gasteiger partial charge is 0.108 e.